The van der Waals surface area contributed by atoms with Gasteiger partial charge < -0.3 is 19.3 Å². The zero-order valence-corrected chi connectivity index (χ0v) is 18.2. The number of piperidine rings is 1. The van der Waals surface area contributed by atoms with Crippen LogP contribution < -0.4 is 19.3 Å². The largest absolute Gasteiger partial charge is 0.493 e. The molecule has 2 fully saturated rings. The topological polar surface area (TPSA) is 50.7 Å². The molecule has 6 nitrogen and oxygen atoms in total. The Morgan fingerprint density at radius 1 is 0.806 bits per heavy atom. The first-order chi connectivity index (χ1) is 15.3. The van der Waals surface area contributed by atoms with Crippen molar-refractivity contribution >= 4 is 22.7 Å². The molecule has 0 amide bonds. The van der Waals surface area contributed by atoms with Gasteiger partial charge in [-0.3, -0.25) is 0 Å². The Labute approximate surface area is 183 Å². The van der Waals surface area contributed by atoms with E-state index in [1.165, 1.54) is 32.1 Å². The molecular formula is C25H30N4O2. The lowest BCUT2D eigenvalue weighted by molar-refractivity contribution is 0.285. The van der Waals surface area contributed by atoms with E-state index >= 15 is 0 Å². The van der Waals surface area contributed by atoms with Crippen LogP contribution in [0, 0.1) is 0 Å². The zero-order chi connectivity index (χ0) is 21.0. The van der Waals surface area contributed by atoms with Gasteiger partial charge in [0.2, 0.25) is 5.95 Å². The molecule has 2 aromatic carbocycles. The van der Waals surface area contributed by atoms with Crippen LogP contribution >= 0.6 is 0 Å². The fourth-order valence-corrected chi connectivity index (χ4v) is 4.52. The predicted octanol–water partition coefficient (Wildman–Crippen LogP) is 4.81. The van der Waals surface area contributed by atoms with Gasteiger partial charge in [0, 0.05) is 37.6 Å². The molecule has 0 bridgehead atoms. The van der Waals surface area contributed by atoms with Crippen LogP contribution in [0.1, 0.15) is 37.7 Å². The van der Waals surface area contributed by atoms with Gasteiger partial charge in [0.05, 0.1) is 12.6 Å². The number of hydrogen-bond acceptors (Lipinski definition) is 6. The highest BCUT2D eigenvalue weighted by molar-refractivity contribution is 5.93. The minimum atomic E-state index is 0.492. The lowest BCUT2D eigenvalue weighted by Crippen LogP contribution is -2.31. The second kappa shape index (κ2) is 9.00. The molecular weight excluding hydrogens is 388 g/mol. The van der Waals surface area contributed by atoms with Gasteiger partial charge in [-0.25, -0.2) is 4.98 Å². The van der Waals surface area contributed by atoms with E-state index in [2.05, 4.69) is 21.9 Å². The number of anilines is 2. The van der Waals surface area contributed by atoms with Crippen LogP contribution in [-0.2, 0) is 6.61 Å². The van der Waals surface area contributed by atoms with Gasteiger partial charge in [0.25, 0.3) is 0 Å². The summed E-state index contributed by atoms with van der Waals surface area (Å²) in [5.41, 5.74) is 2.04. The number of rotatable bonds is 6. The first-order valence-corrected chi connectivity index (χ1v) is 11.4. The van der Waals surface area contributed by atoms with E-state index in [9.17, 15) is 0 Å². The minimum absolute atomic E-state index is 0.492. The van der Waals surface area contributed by atoms with E-state index in [4.69, 9.17) is 19.4 Å². The summed E-state index contributed by atoms with van der Waals surface area (Å²) in [5.74, 6) is 3.30. The van der Waals surface area contributed by atoms with E-state index < -0.39 is 0 Å². The lowest BCUT2D eigenvalue weighted by Gasteiger charge is -2.30. The molecule has 2 aliphatic rings. The van der Waals surface area contributed by atoms with Crippen LogP contribution in [0.25, 0.3) is 10.9 Å². The van der Waals surface area contributed by atoms with E-state index in [0.717, 1.165) is 65.9 Å². The van der Waals surface area contributed by atoms with Crippen LogP contribution in [0.5, 0.6) is 11.5 Å². The van der Waals surface area contributed by atoms with E-state index in [1.807, 2.05) is 30.3 Å². The standard InChI is InChI=1S/C25H30N4O2/c1-30-22-16-20-21(17-23(22)31-18-19-10-4-2-5-11-19)26-25(29-14-8-9-15-29)27-24(20)28-12-6-3-7-13-28/h2,4-5,10-11,16-17H,3,6-9,12-15,18H2,1H3. The Kier molecular flexibility index (Phi) is 5.78. The molecule has 2 aliphatic heterocycles. The highest BCUT2D eigenvalue weighted by atomic mass is 16.5. The Morgan fingerprint density at radius 3 is 2.26 bits per heavy atom. The van der Waals surface area contributed by atoms with Crippen LogP contribution in [0.15, 0.2) is 42.5 Å². The first kappa shape index (κ1) is 19.9. The van der Waals surface area contributed by atoms with Crippen molar-refractivity contribution in [2.24, 2.45) is 0 Å². The third kappa shape index (κ3) is 4.24. The van der Waals surface area contributed by atoms with Gasteiger partial charge in [-0.05, 0) is 43.7 Å². The summed E-state index contributed by atoms with van der Waals surface area (Å²) < 4.78 is 11.9. The molecule has 5 rings (SSSR count). The van der Waals surface area contributed by atoms with Gasteiger partial charge in [0.1, 0.15) is 12.4 Å². The van der Waals surface area contributed by atoms with Gasteiger partial charge in [-0.1, -0.05) is 30.3 Å². The second-order valence-electron chi connectivity index (χ2n) is 8.38. The van der Waals surface area contributed by atoms with Crippen molar-refractivity contribution in [3.8, 4) is 11.5 Å². The van der Waals surface area contributed by atoms with Crippen molar-refractivity contribution in [2.45, 2.75) is 38.7 Å². The Balaban J connectivity index is 1.56. The number of nitrogens with zero attached hydrogens (tertiary/aromatic N) is 4. The van der Waals surface area contributed by atoms with Gasteiger partial charge in [0.15, 0.2) is 11.5 Å². The molecule has 6 heteroatoms. The molecule has 0 N–H and O–H groups in total. The number of fused-ring (bicyclic) bond motifs is 1. The summed E-state index contributed by atoms with van der Waals surface area (Å²) in [6.07, 6.45) is 6.11. The summed E-state index contributed by atoms with van der Waals surface area (Å²) in [5, 5.41) is 1.04. The van der Waals surface area contributed by atoms with Crippen molar-refractivity contribution in [3.63, 3.8) is 0 Å². The van der Waals surface area contributed by atoms with Gasteiger partial charge in [-0.15, -0.1) is 0 Å². The van der Waals surface area contributed by atoms with E-state index in [-0.39, 0.29) is 0 Å². The molecule has 1 aromatic heterocycles. The highest BCUT2D eigenvalue weighted by Gasteiger charge is 2.23. The van der Waals surface area contributed by atoms with Crippen molar-refractivity contribution in [1.82, 2.24) is 9.97 Å². The molecule has 31 heavy (non-hydrogen) atoms. The highest BCUT2D eigenvalue weighted by Crippen LogP contribution is 2.37. The third-order valence-corrected chi connectivity index (χ3v) is 6.23. The summed E-state index contributed by atoms with van der Waals surface area (Å²) in [4.78, 5) is 14.7. The number of hydrogen-bond donors (Lipinski definition) is 0. The minimum Gasteiger partial charge on any atom is -0.493 e. The van der Waals surface area contributed by atoms with Crippen LogP contribution in [0.2, 0.25) is 0 Å². The normalized spacial score (nSPS) is 16.7. The third-order valence-electron chi connectivity index (χ3n) is 6.23. The predicted molar refractivity (Wildman–Crippen MR) is 124 cm³/mol. The average molecular weight is 419 g/mol. The first-order valence-electron chi connectivity index (χ1n) is 11.4. The smallest absolute Gasteiger partial charge is 0.227 e. The lowest BCUT2D eigenvalue weighted by atomic mass is 10.1. The molecule has 0 aliphatic carbocycles. The molecule has 0 radical (unpaired) electrons. The van der Waals surface area contributed by atoms with Gasteiger partial charge >= 0.3 is 0 Å². The molecule has 3 heterocycles. The molecule has 0 atom stereocenters. The number of ether oxygens (including phenoxy) is 2. The summed E-state index contributed by atoms with van der Waals surface area (Å²) in [7, 11) is 1.69. The maximum atomic E-state index is 6.16. The van der Waals surface area contributed by atoms with Crippen molar-refractivity contribution < 1.29 is 9.47 Å². The van der Waals surface area contributed by atoms with Crippen LogP contribution in [-0.4, -0.2) is 43.3 Å². The van der Waals surface area contributed by atoms with Crippen LogP contribution in [0.4, 0.5) is 11.8 Å². The summed E-state index contributed by atoms with van der Waals surface area (Å²) >= 11 is 0. The van der Waals surface area contributed by atoms with Crippen LogP contribution in [0.3, 0.4) is 0 Å². The number of aromatic nitrogens is 2. The molecule has 0 unspecified atom stereocenters. The van der Waals surface area contributed by atoms with Crippen molar-refractivity contribution in [1.29, 1.82) is 0 Å². The molecule has 3 aromatic rings. The monoisotopic (exact) mass is 418 g/mol. The summed E-state index contributed by atoms with van der Waals surface area (Å²) in [6, 6.07) is 14.3. The van der Waals surface area contributed by atoms with Crippen molar-refractivity contribution in [3.05, 3.63) is 48.0 Å². The van der Waals surface area contributed by atoms with E-state index in [1.54, 1.807) is 7.11 Å². The quantitative estimate of drug-likeness (QED) is 0.573. The SMILES string of the molecule is COc1cc2c(N3CCCCC3)nc(N3CCCC3)nc2cc1OCc1ccccc1. The summed E-state index contributed by atoms with van der Waals surface area (Å²) in [6.45, 7) is 4.63. The average Bonchev–Trinajstić information content (AvgIpc) is 3.38. The number of benzene rings is 2. The zero-order valence-electron chi connectivity index (χ0n) is 18.2. The van der Waals surface area contributed by atoms with Gasteiger partial charge in [-0.2, -0.15) is 4.98 Å². The maximum Gasteiger partial charge on any atom is 0.227 e. The Hall–Kier alpha value is -3.02. The number of methoxy groups -OCH3 is 1. The Bertz CT molecular complexity index is 1030. The second-order valence-corrected chi connectivity index (χ2v) is 8.38. The Morgan fingerprint density at radius 2 is 1.52 bits per heavy atom. The molecule has 2 saturated heterocycles. The van der Waals surface area contributed by atoms with Crippen molar-refractivity contribution in [2.75, 3.05) is 43.1 Å². The molecule has 162 valence electrons. The molecule has 0 spiro atoms. The maximum absolute atomic E-state index is 6.16. The fraction of sp³-hybridized carbons (Fsp3) is 0.440. The molecule has 0 saturated carbocycles. The fourth-order valence-electron chi connectivity index (χ4n) is 4.52. The van der Waals surface area contributed by atoms with E-state index in [0.29, 0.717) is 6.61 Å².